The molecule has 0 saturated heterocycles. The Labute approximate surface area is 750 Å². The van der Waals surface area contributed by atoms with Crippen molar-refractivity contribution in [3.63, 3.8) is 0 Å². The molecule has 126 heavy (non-hydrogen) atoms. The average molecular weight is 1790 g/mol. The molecule has 0 amide bonds. The summed E-state index contributed by atoms with van der Waals surface area (Å²) in [7, 11) is -13.8. The molecule has 0 unspecified atom stereocenters. The third-order valence-corrected chi connectivity index (χ3v) is 28.2. The fourth-order valence-electron chi connectivity index (χ4n) is 15.4. The van der Waals surface area contributed by atoms with Gasteiger partial charge in [0, 0.05) is 38.5 Å². The maximum atomic E-state index is 14.2. The minimum Gasteiger partial charge on any atom is -0.496 e. The number of aryl methyl sites for hydroxylation is 4. The maximum absolute atomic E-state index is 14.2. The molecule has 10 aromatic rings. The van der Waals surface area contributed by atoms with Gasteiger partial charge < -0.3 is 28.4 Å². The summed E-state index contributed by atoms with van der Waals surface area (Å²) in [5, 5.41) is 0. The SMILES string of the molecule is COc1c2cc(C(C)(C)C)cc1Cc1cc(C(C)(C)C)cc(c1OCCOS(=O)(=O)c1ccc(C)cc1)Cc1cc(C(C)(C)C)cc(c1OCCOS(=O)(=O)c1ccc(C)cc1)Cc1cc(C(C)(C)C)cc(c1OCCOS(=O)(=O)c1ccc(C)cc1)Cc1cc(C(C)(C)C)cc(c1OCCOS(=O)(=O)c1ccc(C)cc1)Cc1cc(C(C)(C)C)cc(c1OC)C2. The van der Waals surface area contributed by atoms with E-state index in [0.29, 0.717) is 74.3 Å². The van der Waals surface area contributed by atoms with E-state index in [1.165, 1.54) is 48.5 Å². The van der Waals surface area contributed by atoms with Gasteiger partial charge in [0.05, 0.1) is 33.8 Å². The topological polar surface area (TPSA) is 229 Å². The molecule has 0 N–H and O–H groups in total. The first-order valence-electron chi connectivity index (χ1n) is 43.1. The number of methoxy groups -OCH3 is 2. The Hall–Kier alpha value is -9.36. The molecule has 18 nitrogen and oxygen atoms in total. The van der Waals surface area contributed by atoms with E-state index in [-0.39, 0.29) is 91.3 Å². The Morgan fingerprint density at radius 2 is 0.349 bits per heavy atom. The molecule has 1 aliphatic carbocycles. The first-order valence-corrected chi connectivity index (χ1v) is 48.8. The van der Waals surface area contributed by atoms with E-state index in [1.54, 1.807) is 62.8 Å². The second kappa shape index (κ2) is 38.5. The van der Waals surface area contributed by atoms with Crippen LogP contribution in [-0.4, -0.2) is 101 Å². The number of hydrogen-bond acceptors (Lipinski definition) is 18. The summed E-state index contributed by atoms with van der Waals surface area (Å²) in [6.07, 6.45) is 1.18. The van der Waals surface area contributed by atoms with Gasteiger partial charge in [-0.15, -0.1) is 0 Å². The van der Waals surface area contributed by atoms with Crippen LogP contribution in [-0.2, 0) is 128 Å². The number of rotatable bonds is 26. The third-order valence-electron chi connectivity index (χ3n) is 22.9. The van der Waals surface area contributed by atoms with Crippen LogP contribution in [0.4, 0.5) is 0 Å². The highest BCUT2D eigenvalue weighted by atomic mass is 32.2. The summed E-state index contributed by atoms with van der Waals surface area (Å²) < 4.78 is 179. The van der Waals surface area contributed by atoms with E-state index in [9.17, 15) is 33.7 Å². The zero-order chi connectivity index (χ0) is 92.2. The van der Waals surface area contributed by atoms with Crippen LogP contribution in [0.5, 0.6) is 34.5 Å². The summed E-state index contributed by atoms with van der Waals surface area (Å²) >= 11 is 0. The molecule has 1 aliphatic rings. The Morgan fingerprint density at radius 3 is 0.476 bits per heavy atom. The highest BCUT2D eigenvalue weighted by Crippen LogP contribution is 2.47. The van der Waals surface area contributed by atoms with Gasteiger partial charge >= 0.3 is 0 Å². The summed E-state index contributed by atoms with van der Waals surface area (Å²) in [6, 6.07) is 51.8. The number of benzene rings is 10. The standard InChI is InChI=1S/C104H128O18S4/c1-67-25-33-89(34-26-67)123(105,106)119-45-41-115-95-75-50-73-57-83(99(5,6)7)55-71(93(73)113-23)49-72-56-84(100(8,9)10)58-74(94(72)114-24)51-76-60-86(102(14,15)16)62-78(96(76)116-42-46-120-124(107,108)90-35-27-68(2)28-36-90)53-80-64-88(104(20,21)22)66-82(98(80)118-44-48-122-126(111,112)92-39-31-70(4)32-40-92)54-81-65-87(103(17,18)19)63-79(52-77(95)61-85(59-75)101(11,12)13)97(81)117-43-47-121-125(109,110)91-37-29-69(3)30-38-91/h25-40,55-66H,41-54H2,1-24H3. The van der Waals surface area contributed by atoms with Gasteiger partial charge in [-0.1, -0.05) is 268 Å². The molecule has 0 fully saturated rings. The lowest BCUT2D eigenvalue weighted by Gasteiger charge is -2.29. The zero-order valence-corrected chi connectivity index (χ0v) is 81.3. The first-order chi connectivity index (χ1) is 58.7. The van der Waals surface area contributed by atoms with Crippen LogP contribution in [0.1, 0.15) is 247 Å². The fraction of sp³-hybridized carbons (Fsp3) is 0.423. The quantitative estimate of drug-likeness (QED) is 0.0362. The first kappa shape index (κ1) is 97.3. The number of hydrogen-bond donors (Lipinski definition) is 0. The van der Waals surface area contributed by atoms with Gasteiger partial charge in [0.2, 0.25) is 0 Å². The fourth-order valence-corrected chi connectivity index (χ4v) is 19.0. The van der Waals surface area contributed by atoms with Crippen LogP contribution >= 0.6 is 0 Å². The predicted molar refractivity (Wildman–Crippen MR) is 500 cm³/mol. The van der Waals surface area contributed by atoms with E-state index in [0.717, 1.165) is 89.0 Å². The van der Waals surface area contributed by atoms with Gasteiger partial charge in [0.25, 0.3) is 40.5 Å². The number of ether oxygens (including phenoxy) is 6. The molecule has 0 saturated carbocycles. The van der Waals surface area contributed by atoms with Crippen molar-refractivity contribution in [2.24, 2.45) is 0 Å². The smallest absolute Gasteiger partial charge is 0.297 e. The van der Waals surface area contributed by atoms with E-state index in [4.69, 9.17) is 45.2 Å². The third kappa shape index (κ3) is 24.3. The number of fused-ring (bicyclic) bond motifs is 12. The van der Waals surface area contributed by atoms with Crippen molar-refractivity contribution in [2.75, 3.05) is 67.1 Å². The molecule has 10 aromatic carbocycles. The van der Waals surface area contributed by atoms with Crippen molar-refractivity contribution in [3.8, 4) is 34.5 Å². The second-order valence-electron chi connectivity index (χ2n) is 39.5. The van der Waals surface area contributed by atoms with Crippen molar-refractivity contribution in [1.29, 1.82) is 0 Å². The van der Waals surface area contributed by atoms with E-state index in [1.807, 2.05) is 27.7 Å². The average Bonchev–Trinajstić information content (AvgIpc) is 0.761. The molecular weight excluding hydrogens is 1670 g/mol. The lowest BCUT2D eigenvalue weighted by Crippen LogP contribution is -2.19. The summed E-state index contributed by atoms with van der Waals surface area (Å²) in [5.74, 6) is 3.01. The van der Waals surface area contributed by atoms with Crippen molar-refractivity contribution >= 4 is 40.5 Å². The second-order valence-corrected chi connectivity index (χ2v) is 45.9. The molecule has 676 valence electrons. The van der Waals surface area contributed by atoms with Crippen molar-refractivity contribution in [2.45, 2.75) is 243 Å². The summed E-state index contributed by atoms with van der Waals surface area (Å²) in [4.78, 5) is -0.0303. The Morgan fingerprint density at radius 1 is 0.214 bits per heavy atom. The minimum absolute atomic E-state index is 0.00389. The molecule has 0 aromatic heterocycles. The molecule has 12 bridgehead atoms. The minimum atomic E-state index is -4.31. The van der Waals surface area contributed by atoms with Crippen LogP contribution in [0, 0.1) is 27.7 Å². The van der Waals surface area contributed by atoms with Gasteiger partial charge in [-0.2, -0.15) is 33.7 Å². The highest BCUT2D eigenvalue weighted by Gasteiger charge is 2.33. The highest BCUT2D eigenvalue weighted by molar-refractivity contribution is 7.87. The van der Waals surface area contributed by atoms with Gasteiger partial charge in [-0.05, 0) is 209 Å². The normalized spacial score (nSPS) is 13.5. The lowest BCUT2D eigenvalue weighted by molar-refractivity contribution is 0.216. The van der Waals surface area contributed by atoms with Gasteiger partial charge in [0.1, 0.15) is 87.4 Å². The van der Waals surface area contributed by atoms with Crippen molar-refractivity contribution in [1.82, 2.24) is 0 Å². The van der Waals surface area contributed by atoms with Crippen LogP contribution in [0.15, 0.2) is 189 Å². The van der Waals surface area contributed by atoms with Gasteiger partial charge in [0.15, 0.2) is 0 Å². The van der Waals surface area contributed by atoms with Gasteiger partial charge in [-0.25, -0.2) is 0 Å². The maximum Gasteiger partial charge on any atom is 0.297 e. The molecule has 0 aliphatic heterocycles. The molecule has 11 rings (SSSR count). The Bertz CT molecular complexity index is 5700. The van der Waals surface area contributed by atoms with E-state index in [2.05, 4.69) is 197 Å². The molecule has 0 heterocycles. The van der Waals surface area contributed by atoms with Crippen LogP contribution < -0.4 is 28.4 Å². The van der Waals surface area contributed by atoms with E-state index < -0.39 is 86.2 Å². The Kier molecular flexibility index (Phi) is 29.7. The summed E-state index contributed by atoms with van der Waals surface area (Å²) in [5.41, 5.74) is 15.5. The van der Waals surface area contributed by atoms with Crippen molar-refractivity contribution < 1.29 is 78.8 Å². The van der Waals surface area contributed by atoms with E-state index >= 15 is 0 Å². The van der Waals surface area contributed by atoms with Crippen LogP contribution in [0.25, 0.3) is 0 Å². The Balaban J connectivity index is 1.24. The lowest BCUT2D eigenvalue weighted by atomic mass is 9.79. The molecule has 0 atom stereocenters. The molecule has 22 heteroatoms. The largest absolute Gasteiger partial charge is 0.496 e. The molecule has 0 radical (unpaired) electrons. The van der Waals surface area contributed by atoms with Crippen LogP contribution in [0.2, 0.25) is 0 Å². The van der Waals surface area contributed by atoms with Crippen molar-refractivity contribution in [3.05, 3.63) is 292 Å². The summed E-state index contributed by atoms with van der Waals surface area (Å²) in [6.45, 7) is 43.9. The molecule has 0 spiro atoms. The monoisotopic (exact) mass is 1790 g/mol. The van der Waals surface area contributed by atoms with Gasteiger partial charge in [-0.3, -0.25) is 16.7 Å². The zero-order valence-electron chi connectivity index (χ0n) is 78.0. The molecular formula is C104H128O18S4. The van der Waals surface area contributed by atoms with Crippen LogP contribution in [0.3, 0.4) is 0 Å². The predicted octanol–water partition coefficient (Wildman–Crippen LogP) is 21.7.